The predicted octanol–water partition coefficient (Wildman–Crippen LogP) is 1.68. The van der Waals surface area contributed by atoms with Crippen LogP contribution in [-0.4, -0.2) is 18.3 Å². The van der Waals surface area contributed by atoms with Gasteiger partial charge in [-0.1, -0.05) is 6.07 Å². The standard InChI is InChI=1S/C10H14INO2/c1-6(13)10(12)7-3-4-9(14-2)8(11)5-7/h3-6,10,13H,12H2,1-2H3. The highest BCUT2D eigenvalue weighted by molar-refractivity contribution is 14.1. The molecule has 3 N–H and O–H groups in total. The maximum absolute atomic E-state index is 9.33. The summed E-state index contributed by atoms with van der Waals surface area (Å²) in [6, 6.07) is 5.32. The number of halogens is 1. The Bertz CT molecular complexity index is 315. The van der Waals surface area contributed by atoms with Crippen LogP contribution >= 0.6 is 22.6 Å². The number of benzene rings is 1. The minimum atomic E-state index is -0.542. The summed E-state index contributed by atoms with van der Waals surface area (Å²) in [6.45, 7) is 1.68. The maximum atomic E-state index is 9.33. The third-order valence-electron chi connectivity index (χ3n) is 2.08. The Balaban J connectivity index is 2.96. The molecule has 0 saturated carbocycles. The summed E-state index contributed by atoms with van der Waals surface area (Å²) in [7, 11) is 1.63. The van der Waals surface area contributed by atoms with Crippen LogP contribution in [-0.2, 0) is 0 Å². The van der Waals surface area contributed by atoms with Gasteiger partial charge >= 0.3 is 0 Å². The number of methoxy groups -OCH3 is 1. The van der Waals surface area contributed by atoms with Gasteiger partial charge in [0.05, 0.1) is 22.8 Å². The largest absolute Gasteiger partial charge is 0.496 e. The number of aliphatic hydroxyl groups is 1. The molecule has 14 heavy (non-hydrogen) atoms. The number of rotatable bonds is 3. The fraction of sp³-hybridized carbons (Fsp3) is 0.400. The van der Waals surface area contributed by atoms with Crippen molar-refractivity contribution < 1.29 is 9.84 Å². The number of nitrogens with two attached hydrogens (primary N) is 1. The van der Waals surface area contributed by atoms with Gasteiger partial charge in [0.25, 0.3) is 0 Å². The van der Waals surface area contributed by atoms with Gasteiger partial charge in [-0.05, 0) is 47.2 Å². The lowest BCUT2D eigenvalue weighted by atomic mass is 10.0. The summed E-state index contributed by atoms with van der Waals surface area (Å²) in [4.78, 5) is 0. The average Bonchev–Trinajstić information content (AvgIpc) is 2.16. The van der Waals surface area contributed by atoms with E-state index in [-0.39, 0.29) is 6.04 Å². The van der Waals surface area contributed by atoms with E-state index in [9.17, 15) is 5.11 Å². The van der Waals surface area contributed by atoms with Crippen LogP contribution in [0.15, 0.2) is 18.2 Å². The van der Waals surface area contributed by atoms with Gasteiger partial charge in [-0.3, -0.25) is 0 Å². The first-order valence-corrected chi connectivity index (χ1v) is 5.41. The van der Waals surface area contributed by atoms with Crippen molar-refractivity contribution in [3.63, 3.8) is 0 Å². The summed E-state index contributed by atoms with van der Waals surface area (Å²) in [5.74, 6) is 0.826. The molecule has 0 fully saturated rings. The van der Waals surface area contributed by atoms with Gasteiger partial charge in [0.1, 0.15) is 5.75 Å². The van der Waals surface area contributed by atoms with E-state index < -0.39 is 6.10 Å². The Hall–Kier alpha value is -0.330. The van der Waals surface area contributed by atoms with Gasteiger partial charge in [-0.2, -0.15) is 0 Å². The van der Waals surface area contributed by atoms with Crippen LogP contribution < -0.4 is 10.5 Å². The first kappa shape index (κ1) is 11.7. The Morgan fingerprint density at radius 3 is 2.57 bits per heavy atom. The van der Waals surface area contributed by atoms with E-state index in [0.717, 1.165) is 14.9 Å². The molecule has 0 saturated heterocycles. The third-order valence-corrected chi connectivity index (χ3v) is 2.92. The van der Waals surface area contributed by atoms with Crippen molar-refractivity contribution in [2.75, 3.05) is 7.11 Å². The van der Waals surface area contributed by atoms with E-state index in [4.69, 9.17) is 10.5 Å². The fourth-order valence-electron chi connectivity index (χ4n) is 1.17. The monoisotopic (exact) mass is 307 g/mol. The predicted molar refractivity (Wildman–Crippen MR) is 64.3 cm³/mol. The van der Waals surface area contributed by atoms with Crippen molar-refractivity contribution in [1.82, 2.24) is 0 Å². The quantitative estimate of drug-likeness (QED) is 0.836. The number of hydrogen-bond donors (Lipinski definition) is 2. The van der Waals surface area contributed by atoms with Crippen LogP contribution in [0.25, 0.3) is 0 Å². The lowest BCUT2D eigenvalue weighted by molar-refractivity contribution is 0.164. The summed E-state index contributed by atoms with van der Waals surface area (Å²) in [5.41, 5.74) is 6.73. The summed E-state index contributed by atoms with van der Waals surface area (Å²) in [5, 5.41) is 9.33. The second-order valence-electron chi connectivity index (χ2n) is 3.16. The van der Waals surface area contributed by atoms with E-state index in [1.807, 2.05) is 18.2 Å². The molecule has 0 aliphatic carbocycles. The number of aliphatic hydroxyl groups excluding tert-OH is 1. The zero-order chi connectivity index (χ0) is 10.7. The minimum absolute atomic E-state index is 0.338. The molecule has 1 aromatic carbocycles. The van der Waals surface area contributed by atoms with Crippen LogP contribution in [0.2, 0.25) is 0 Å². The SMILES string of the molecule is COc1ccc(C(N)C(C)O)cc1I. The Morgan fingerprint density at radius 2 is 2.14 bits per heavy atom. The fourth-order valence-corrected chi connectivity index (χ4v) is 1.93. The van der Waals surface area contributed by atoms with E-state index in [0.29, 0.717) is 0 Å². The number of ether oxygens (including phenoxy) is 1. The molecule has 78 valence electrons. The molecule has 3 nitrogen and oxygen atoms in total. The van der Waals surface area contributed by atoms with Crippen molar-refractivity contribution in [1.29, 1.82) is 0 Å². The lowest BCUT2D eigenvalue weighted by Gasteiger charge is -2.16. The zero-order valence-corrected chi connectivity index (χ0v) is 10.4. The molecule has 0 aliphatic rings. The van der Waals surface area contributed by atoms with Crippen molar-refractivity contribution in [2.24, 2.45) is 5.73 Å². The van der Waals surface area contributed by atoms with Gasteiger partial charge in [-0.15, -0.1) is 0 Å². The second-order valence-corrected chi connectivity index (χ2v) is 4.32. The molecule has 0 aliphatic heterocycles. The van der Waals surface area contributed by atoms with E-state index >= 15 is 0 Å². The van der Waals surface area contributed by atoms with Crippen molar-refractivity contribution in [3.8, 4) is 5.75 Å². The van der Waals surface area contributed by atoms with Crippen LogP contribution in [0, 0.1) is 3.57 Å². The molecule has 0 aromatic heterocycles. The smallest absolute Gasteiger partial charge is 0.132 e. The Kier molecular flexibility index (Phi) is 4.15. The maximum Gasteiger partial charge on any atom is 0.132 e. The highest BCUT2D eigenvalue weighted by atomic mass is 127. The molecule has 4 heteroatoms. The van der Waals surface area contributed by atoms with Crippen LogP contribution in [0.1, 0.15) is 18.5 Å². The molecule has 0 spiro atoms. The van der Waals surface area contributed by atoms with Gasteiger partial charge in [0.2, 0.25) is 0 Å². The normalized spacial score (nSPS) is 14.9. The molecule has 1 rings (SSSR count). The molecule has 0 radical (unpaired) electrons. The minimum Gasteiger partial charge on any atom is -0.496 e. The van der Waals surface area contributed by atoms with Gasteiger partial charge in [0, 0.05) is 0 Å². The van der Waals surface area contributed by atoms with Gasteiger partial charge in [0.15, 0.2) is 0 Å². The molecule has 1 aromatic rings. The first-order chi connectivity index (χ1) is 6.56. The summed E-state index contributed by atoms with van der Waals surface area (Å²) in [6.07, 6.45) is -0.542. The highest BCUT2D eigenvalue weighted by Crippen LogP contribution is 2.24. The summed E-state index contributed by atoms with van der Waals surface area (Å²) >= 11 is 2.18. The van der Waals surface area contributed by atoms with E-state index in [1.54, 1.807) is 14.0 Å². The topological polar surface area (TPSA) is 55.5 Å². The van der Waals surface area contributed by atoms with Crippen molar-refractivity contribution in [3.05, 3.63) is 27.3 Å². The molecule has 2 unspecified atom stereocenters. The lowest BCUT2D eigenvalue weighted by Crippen LogP contribution is -2.23. The number of hydrogen-bond acceptors (Lipinski definition) is 3. The molecule has 0 bridgehead atoms. The van der Waals surface area contributed by atoms with E-state index in [2.05, 4.69) is 22.6 Å². The molecular weight excluding hydrogens is 293 g/mol. The van der Waals surface area contributed by atoms with Gasteiger partial charge < -0.3 is 15.6 Å². The molecule has 0 amide bonds. The van der Waals surface area contributed by atoms with Crippen LogP contribution in [0.5, 0.6) is 5.75 Å². The van der Waals surface area contributed by atoms with Crippen molar-refractivity contribution >= 4 is 22.6 Å². The van der Waals surface area contributed by atoms with Crippen molar-refractivity contribution in [2.45, 2.75) is 19.1 Å². The first-order valence-electron chi connectivity index (χ1n) is 4.33. The van der Waals surface area contributed by atoms with E-state index in [1.165, 1.54) is 0 Å². The molecule has 0 heterocycles. The van der Waals surface area contributed by atoms with Crippen LogP contribution in [0.3, 0.4) is 0 Å². The third kappa shape index (κ3) is 2.59. The Labute approximate surface area is 97.4 Å². The Morgan fingerprint density at radius 1 is 1.50 bits per heavy atom. The highest BCUT2D eigenvalue weighted by Gasteiger charge is 2.13. The molecular formula is C10H14INO2. The average molecular weight is 307 g/mol. The second kappa shape index (κ2) is 4.95. The summed E-state index contributed by atoms with van der Waals surface area (Å²) < 4.78 is 6.13. The zero-order valence-electron chi connectivity index (χ0n) is 8.20. The molecule has 2 atom stereocenters. The van der Waals surface area contributed by atoms with Gasteiger partial charge in [-0.25, -0.2) is 0 Å². The van der Waals surface area contributed by atoms with Crippen LogP contribution in [0.4, 0.5) is 0 Å².